The Morgan fingerprint density at radius 2 is 1.85 bits per heavy atom. The number of hydrogen-bond acceptors (Lipinski definition) is 0. The van der Waals surface area contributed by atoms with Gasteiger partial charge in [-0.3, -0.25) is 0 Å². The van der Waals surface area contributed by atoms with Gasteiger partial charge in [0.25, 0.3) is 0 Å². The van der Waals surface area contributed by atoms with Crippen molar-refractivity contribution in [3.05, 3.63) is 11.6 Å². The molecule has 0 aliphatic heterocycles. The Morgan fingerprint density at radius 3 is 2.15 bits per heavy atom. The van der Waals surface area contributed by atoms with Crippen LogP contribution in [-0.2, 0) is 0 Å². The lowest BCUT2D eigenvalue weighted by Gasteiger charge is -2.26. The summed E-state index contributed by atoms with van der Waals surface area (Å²) in [6.07, 6.45) is 3.85. The maximum atomic E-state index is 5.95. The molecule has 0 saturated heterocycles. The number of hydrogen-bond donors (Lipinski definition) is 0. The summed E-state index contributed by atoms with van der Waals surface area (Å²) in [7, 11) is 0. The van der Waals surface area contributed by atoms with Gasteiger partial charge in [0.15, 0.2) is 0 Å². The normalized spacial score (nSPS) is 15.8. The molecule has 0 aliphatic carbocycles. The SMILES string of the molecule is C=C(Cl)C(C)C(CCCC)C(C)C. The van der Waals surface area contributed by atoms with Crippen molar-refractivity contribution >= 4 is 11.6 Å². The van der Waals surface area contributed by atoms with Gasteiger partial charge in [0.2, 0.25) is 0 Å². The summed E-state index contributed by atoms with van der Waals surface area (Å²) < 4.78 is 0. The highest BCUT2D eigenvalue weighted by atomic mass is 35.5. The Balaban J connectivity index is 4.15. The first-order valence-corrected chi connectivity index (χ1v) is 5.72. The fraction of sp³-hybridized carbons (Fsp3) is 0.833. The van der Waals surface area contributed by atoms with Gasteiger partial charge in [0.1, 0.15) is 0 Å². The van der Waals surface area contributed by atoms with Crippen molar-refractivity contribution in [2.45, 2.75) is 47.0 Å². The van der Waals surface area contributed by atoms with E-state index in [1.807, 2.05) is 0 Å². The number of halogens is 1. The molecular formula is C12H23Cl. The third kappa shape index (κ3) is 4.71. The van der Waals surface area contributed by atoms with Gasteiger partial charge in [0, 0.05) is 5.03 Å². The topological polar surface area (TPSA) is 0 Å². The van der Waals surface area contributed by atoms with E-state index in [-0.39, 0.29) is 0 Å². The molecule has 78 valence electrons. The molecule has 0 heterocycles. The molecule has 0 aliphatic rings. The zero-order valence-electron chi connectivity index (χ0n) is 9.44. The molecule has 2 atom stereocenters. The van der Waals surface area contributed by atoms with Crippen LogP contribution < -0.4 is 0 Å². The molecule has 0 saturated carbocycles. The lowest BCUT2D eigenvalue weighted by Crippen LogP contribution is -2.17. The van der Waals surface area contributed by atoms with Crippen LogP contribution in [0.15, 0.2) is 11.6 Å². The third-order valence-corrected chi connectivity index (χ3v) is 3.23. The summed E-state index contributed by atoms with van der Waals surface area (Å²) in [4.78, 5) is 0. The molecule has 0 aromatic carbocycles. The molecule has 0 radical (unpaired) electrons. The van der Waals surface area contributed by atoms with Gasteiger partial charge in [0.05, 0.1) is 0 Å². The van der Waals surface area contributed by atoms with E-state index in [1.54, 1.807) is 0 Å². The van der Waals surface area contributed by atoms with E-state index < -0.39 is 0 Å². The molecule has 0 fully saturated rings. The second-order valence-electron chi connectivity index (χ2n) is 4.29. The number of rotatable bonds is 6. The smallest absolute Gasteiger partial charge is 0.0140 e. The summed E-state index contributed by atoms with van der Waals surface area (Å²) in [6, 6.07) is 0. The highest BCUT2D eigenvalue weighted by Crippen LogP contribution is 2.31. The maximum Gasteiger partial charge on any atom is 0.0140 e. The minimum Gasteiger partial charge on any atom is -0.0895 e. The quantitative estimate of drug-likeness (QED) is 0.579. The second-order valence-corrected chi connectivity index (χ2v) is 4.77. The Bertz CT molecular complexity index is 149. The molecular weight excluding hydrogens is 180 g/mol. The van der Waals surface area contributed by atoms with Crippen molar-refractivity contribution in [2.24, 2.45) is 17.8 Å². The molecule has 0 aromatic rings. The van der Waals surface area contributed by atoms with Crippen molar-refractivity contribution in [1.82, 2.24) is 0 Å². The van der Waals surface area contributed by atoms with Crippen LogP contribution in [0.2, 0.25) is 0 Å². The Kier molecular flexibility index (Phi) is 6.49. The van der Waals surface area contributed by atoms with Crippen molar-refractivity contribution in [2.75, 3.05) is 0 Å². The Morgan fingerprint density at radius 1 is 1.31 bits per heavy atom. The van der Waals surface area contributed by atoms with E-state index in [0.29, 0.717) is 17.8 Å². The van der Waals surface area contributed by atoms with Gasteiger partial charge < -0.3 is 0 Å². The molecule has 1 heteroatoms. The van der Waals surface area contributed by atoms with E-state index >= 15 is 0 Å². The molecule has 2 unspecified atom stereocenters. The second kappa shape index (κ2) is 6.48. The largest absolute Gasteiger partial charge is 0.0895 e. The van der Waals surface area contributed by atoms with Gasteiger partial charge in [-0.25, -0.2) is 0 Å². The zero-order chi connectivity index (χ0) is 10.4. The van der Waals surface area contributed by atoms with Gasteiger partial charge in [-0.1, -0.05) is 58.7 Å². The van der Waals surface area contributed by atoms with E-state index in [4.69, 9.17) is 11.6 Å². The zero-order valence-corrected chi connectivity index (χ0v) is 10.2. The standard InChI is InChI=1S/C12H23Cl/c1-6-7-8-12(9(2)3)10(4)11(5)13/h9-10,12H,5-8H2,1-4H3. The Hall–Kier alpha value is 0.0300. The first-order valence-electron chi connectivity index (χ1n) is 5.35. The van der Waals surface area contributed by atoms with E-state index in [0.717, 1.165) is 5.03 Å². The molecule has 0 aromatic heterocycles. The van der Waals surface area contributed by atoms with Crippen LogP contribution in [0.4, 0.5) is 0 Å². The highest BCUT2D eigenvalue weighted by molar-refractivity contribution is 6.29. The average Bonchev–Trinajstić information content (AvgIpc) is 2.04. The third-order valence-electron chi connectivity index (χ3n) is 2.88. The number of unbranched alkanes of at least 4 members (excludes halogenated alkanes) is 1. The van der Waals surface area contributed by atoms with Gasteiger partial charge >= 0.3 is 0 Å². The summed E-state index contributed by atoms with van der Waals surface area (Å²) in [5, 5.41) is 0.815. The number of allylic oxidation sites excluding steroid dienone is 1. The van der Waals surface area contributed by atoms with Crippen molar-refractivity contribution in [3.63, 3.8) is 0 Å². The van der Waals surface area contributed by atoms with Crippen LogP contribution in [0.3, 0.4) is 0 Å². The van der Waals surface area contributed by atoms with Gasteiger partial charge in [-0.15, -0.1) is 0 Å². The van der Waals surface area contributed by atoms with Crippen LogP contribution in [0.5, 0.6) is 0 Å². The van der Waals surface area contributed by atoms with E-state index in [1.165, 1.54) is 19.3 Å². The van der Waals surface area contributed by atoms with Crippen molar-refractivity contribution < 1.29 is 0 Å². The molecule has 13 heavy (non-hydrogen) atoms. The average molecular weight is 203 g/mol. The molecule has 0 bridgehead atoms. The minimum atomic E-state index is 0.452. The minimum absolute atomic E-state index is 0.452. The van der Waals surface area contributed by atoms with E-state index in [2.05, 4.69) is 34.3 Å². The first-order chi connectivity index (χ1) is 6.00. The predicted octanol–water partition coefficient (Wildman–Crippen LogP) is 4.84. The Labute approximate surface area is 88.4 Å². The summed E-state index contributed by atoms with van der Waals surface area (Å²) >= 11 is 5.95. The molecule has 0 N–H and O–H groups in total. The fourth-order valence-electron chi connectivity index (χ4n) is 1.83. The molecule has 0 rings (SSSR count). The predicted molar refractivity (Wildman–Crippen MR) is 62.0 cm³/mol. The maximum absolute atomic E-state index is 5.95. The van der Waals surface area contributed by atoms with Crippen molar-refractivity contribution in [1.29, 1.82) is 0 Å². The summed E-state index contributed by atoms with van der Waals surface area (Å²) in [5.74, 6) is 1.86. The molecule has 0 nitrogen and oxygen atoms in total. The van der Waals surface area contributed by atoms with Crippen molar-refractivity contribution in [3.8, 4) is 0 Å². The van der Waals surface area contributed by atoms with Crippen LogP contribution in [0, 0.1) is 17.8 Å². The van der Waals surface area contributed by atoms with Crippen LogP contribution >= 0.6 is 11.6 Å². The van der Waals surface area contributed by atoms with Crippen LogP contribution in [-0.4, -0.2) is 0 Å². The van der Waals surface area contributed by atoms with E-state index in [9.17, 15) is 0 Å². The van der Waals surface area contributed by atoms with Crippen LogP contribution in [0.25, 0.3) is 0 Å². The molecule has 0 amide bonds. The lowest BCUT2D eigenvalue weighted by atomic mass is 9.81. The fourth-order valence-corrected chi connectivity index (χ4v) is 1.99. The lowest BCUT2D eigenvalue weighted by molar-refractivity contribution is 0.282. The highest BCUT2D eigenvalue weighted by Gasteiger charge is 2.21. The molecule has 0 spiro atoms. The monoisotopic (exact) mass is 202 g/mol. The first kappa shape index (κ1) is 13.0. The van der Waals surface area contributed by atoms with Gasteiger partial charge in [-0.05, 0) is 24.2 Å². The summed E-state index contributed by atoms with van der Waals surface area (Å²) in [5.41, 5.74) is 0. The van der Waals surface area contributed by atoms with Gasteiger partial charge in [-0.2, -0.15) is 0 Å². The summed E-state index contributed by atoms with van der Waals surface area (Å²) in [6.45, 7) is 12.8. The van der Waals surface area contributed by atoms with Crippen LogP contribution in [0.1, 0.15) is 47.0 Å².